The van der Waals surface area contributed by atoms with Gasteiger partial charge in [0, 0.05) is 30.2 Å². The molecule has 3 rings (SSSR count). The average molecular weight is 280 g/mol. The highest BCUT2D eigenvalue weighted by atomic mass is 35.5. The number of hydrogen-bond donors (Lipinski definition) is 1. The molecule has 19 heavy (non-hydrogen) atoms. The van der Waals surface area contributed by atoms with E-state index in [1.165, 1.54) is 31.2 Å². The zero-order valence-corrected chi connectivity index (χ0v) is 12.3. The van der Waals surface area contributed by atoms with Gasteiger partial charge in [-0.1, -0.05) is 29.8 Å². The van der Waals surface area contributed by atoms with Crippen molar-refractivity contribution < 1.29 is 4.74 Å². The second kappa shape index (κ2) is 5.08. The van der Waals surface area contributed by atoms with Gasteiger partial charge in [0.05, 0.1) is 0 Å². The minimum Gasteiger partial charge on any atom is -0.381 e. The van der Waals surface area contributed by atoms with E-state index in [1.807, 2.05) is 19.2 Å². The fourth-order valence-corrected chi connectivity index (χ4v) is 4.52. The van der Waals surface area contributed by atoms with Crippen LogP contribution < -0.4 is 5.32 Å². The van der Waals surface area contributed by atoms with Gasteiger partial charge in [-0.3, -0.25) is 0 Å². The topological polar surface area (TPSA) is 21.3 Å². The highest BCUT2D eigenvalue weighted by Crippen LogP contribution is 2.60. The van der Waals surface area contributed by atoms with Crippen LogP contribution in [0.5, 0.6) is 0 Å². The van der Waals surface area contributed by atoms with Crippen LogP contribution >= 0.6 is 11.6 Å². The molecule has 1 spiro atoms. The number of nitrogens with one attached hydrogen (secondary N) is 1. The molecule has 1 aliphatic heterocycles. The predicted octanol–water partition coefficient (Wildman–Crippen LogP) is 3.39. The van der Waals surface area contributed by atoms with Crippen LogP contribution in [0.25, 0.3) is 0 Å². The lowest BCUT2D eigenvalue weighted by Crippen LogP contribution is -2.56. The van der Waals surface area contributed by atoms with Crippen molar-refractivity contribution in [1.82, 2.24) is 5.32 Å². The molecule has 3 heteroatoms. The lowest BCUT2D eigenvalue weighted by atomic mass is 9.48. The molecule has 0 radical (unpaired) electrons. The molecule has 1 aliphatic carbocycles. The molecule has 0 unspecified atom stereocenters. The Morgan fingerprint density at radius 3 is 2.53 bits per heavy atom. The summed E-state index contributed by atoms with van der Waals surface area (Å²) in [5.74, 6) is 0. The third-order valence-electron chi connectivity index (χ3n) is 4.94. The molecule has 1 saturated heterocycles. The van der Waals surface area contributed by atoms with Crippen LogP contribution in [0.3, 0.4) is 0 Å². The first-order chi connectivity index (χ1) is 9.20. The number of ether oxygens (including phenoxy) is 1. The Bertz CT molecular complexity index is 446. The minimum absolute atomic E-state index is 0.227. The van der Waals surface area contributed by atoms with E-state index >= 15 is 0 Å². The molecule has 2 nitrogen and oxygen atoms in total. The maximum Gasteiger partial charge on any atom is 0.0471 e. The maximum atomic E-state index is 6.43. The van der Waals surface area contributed by atoms with E-state index in [0.29, 0.717) is 5.41 Å². The Hall–Kier alpha value is -0.570. The number of hydrogen-bond acceptors (Lipinski definition) is 2. The maximum absolute atomic E-state index is 6.43. The normalized spacial score (nSPS) is 24.1. The summed E-state index contributed by atoms with van der Waals surface area (Å²) in [4.78, 5) is 0. The van der Waals surface area contributed by atoms with Crippen molar-refractivity contribution in [3.8, 4) is 0 Å². The fourth-order valence-electron chi connectivity index (χ4n) is 4.18. The molecule has 0 aromatic heterocycles. The van der Waals surface area contributed by atoms with Crippen molar-refractivity contribution in [2.75, 3.05) is 26.8 Å². The second-order valence-corrected chi connectivity index (χ2v) is 6.66. The first kappa shape index (κ1) is 13.4. The quantitative estimate of drug-likeness (QED) is 0.916. The molecule has 1 N–H and O–H groups in total. The number of likely N-dealkylation sites (N-methyl/N-ethyl adjacent to an activating group) is 1. The van der Waals surface area contributed by atoms with E-state index in [-0.39, 0.29) is 5.41 Å². The second-order valence-electron chi connectivity index (χ2n) is 6.26. The molecular formula is C16H22ClNO. The van der Waals surface area contributed by atoms with E-state index in [4.69, 9.17) is 16.3 Å². The molecule has 0 atom stereocenters. The van der Waals surface area contributed by atoms with E-state index in [1.54, 1.807) is 0 Å². The van der Waals surface area contributed by atoms with Gasteiger partial charge in [-0.25, -0.2) is 0 Å². The largest absolute Gasteiger partial charge is 0.381 e. The summed E-state index contributed by atoms with van der Waals surface area (Å²) < 4.78 is 5.52. The highest BCUT2D eigenvalue weighted by molar-refractivity contribution is 6.31. The van der Waals surface area contributed by atoms with Gasteiger partial charge in [-0.2, -0.15) is 0 Å². The molecule has 1 saturated carbocycles. The first-order valence-electron chi connectivity index (χ1n) is 7.17. The summed E-state index contributed by atoms with van der Waals surface area (Å²) in [7, 11) is 2.04. The standard InChI is InChI=1S/C16H22ClNO/c1-18-12-16(13-4-2-3-5-14(13)17)10-15(11-16)6-8-19-9-7-15/h2-5,18H,6-12H2,1H3. The minimum atomic E-state index is 0.227. The average Bonchev–Trinajstić information content (AvgIpc) is 2.38. The molecule has 0 bridgehead atoms. The summed E-state index contributed by atoms with van der Waals surface area (Å²) in [6.45, 7) is 2.87. The molecule has 2 fully saturated rings. The zero-order valence-electron chi connectivity index (χ0n) is 11.5. The van der Waals surface area contributed by atoms with Gasteiger partial charge in [0.25, 0.3) is 0 Å². The van der Waals surface area contributed by atoms with Crippen LogP contribution in [0.1, 0.15) is 31.2 Å². The third kappa shape index (κ3) is 2.31. The lowest BCUT2D eigenvalue weighted by molar-refractivity contribution is -0.0732. The molecule has 1 aromatic rings. The highest BCUT2D eigenvalue weighted by Gasteiger charge is 2.55. The van der Waals surface area contributed by atoms with Crippen molar-refractivity contribution in [1.29, 1.82) is 0 Å². The smallest absolute Gasteiger partial charge is 0.0471 e. The Kier molecular flexibility index (Phi) is 3.59. The summed E-state index contributed by atoms with van der Waals surface area (Å²) in [5, 5.41) is 4.28. The van der Waals surface area contributed by atoms with Crippen LogP contribution in [0, 0.1) is 5.41 Å². The van der Waals surface area contributed by atoms with E-state index < -0.39 is 0 Å². The molecule has 1 heterocycles. The number of halogens is 1. The monoisotopic (exact) mass is 279 g/mol. The van der Waals surface area contributed by atoms with Crippen molar-refractivity contribution >= 4 is 11.6 Å². The van der Waals surface area contributed by atoms with Gasteiger partial charge in [0.2, 0.25) is 0 Å². The summed E-state index contributed by atoms with van der Waals surface area (Å²) >= 11 is 6.43. The van der Waals surface area contributed by atoms with Crippen LogP contribution in [-0.2, 0) is 10.2 Å². The fraction of sp³-hybridized carbons (Fsp3) is 0.625. The van der Waals surface area contributed by atoms with Gasteiger partial charge < -0.3 is 10.1 Å². The van der Waals surface area contributed by atoms with E-state index in [2.05, 4.69) is 17.4 Å². The molecule has 104 valence electrons. The number of benzene rings is 1. The van der Waals surface area contributed by atoms with Gasteiger partial charge >= 0.3 is 0 Å². The Morgan fingerprint density at radius 1 is 1.21 bits per heavy atom. The van der Waals surface area contributed by atoms with E-state index in [9.17, 15) is 0 Å². The lowest BCUT2D eigenvalue weighted by Gasteiger charge is -2.58. The zero-order chi connectivity index (χ0) is 13.3. The van der Waals surface area contributed by atoms with Gasteiger partial charge in [-0.15, -0.1) is 0 Å². The van der Waals surface area contributed by atoms with Crippen LogP contribution in [0.4, 0.5) is 0 Å². The first-order valence-corrected chi connectivity index (χ1v) is 7.55. The third-order valence-corrected chi connectivity index (χ3v) is 5.27. The molecular weight excluding hydrogens is 258 g/mol. The Morgan fingerprint density at radius 2 is 1.89 bits per heavy atom. The molecule has 0 amide bonds. The van der Waals surface area contributed by atoms with Crippen LogP contribution in [0.15, 0.2) is 24.3 Å². The van der Waals surface area contributed by atoms with Crippen molar-refractivity contribution in [2.24, 2.45) is 5.41 Å². The Balaban J connectivity index is 1.85. The van der Waals surface area contributed by atoms with Gasteiger partial charge in [0.15, 0.2) is 0 Å². The summed E-state index contributed by atoms with van der Waals surface area (Å²) in [6.07, 6.45) is 4.91. The van der Waals surface area contributed by atoms with Crippen LogP contribution in [-0.4, -0.2) is 26.8 Å². The van der Waals surface area contributed by atoms with E-state index in [0.717, 1.165) is 24.8 Å². The summed E-state index contributed by atoms with van der Waals surface area (Å²) in [6, 6.07) is 8.34. The molecule has 1 aromatic carbocycles. The van der Waals surface area contributed by atoms with Crippen molar-refractivity contribution in [3.05, 3.63) is 34.9 Å². The SMILES string of the molecule is CNCC1(c2ccccc2Cl)CC2(CCOCC2)C1. The van der Waals surface area contributed by atoms with Gasteiger partial charge in [-0.05, 0) is 49.8 Å². The van der Waals surface area contributed by atoms with Crippen LogP contribution in [0.2, 0.25) is 5.02 Å². The Labute approximate surface area is 120 Å². The summed E-state index contributed by atoms with van der Waals surface area (Å²) in [5.41, 5.74) is 2.06. The number of rotatable bonds is 3. The van der Waals surface area contributed by atoms with Crippen molar-refractivity contribution in [2.45, 2.75) is 31.1 Å². The predicted molar refractivity (Wildman–Crippen MR) is 78.8 cm³/mol. The van der Waals surface area contributed by atoms with Crippen molar-refractivity contribution in [3.63, 3.8) is 0 Å². The van der Waals surface area contributed by atoms with Gasteiger partial charge in [0.1, 0.15) is 0 Å². The molecule has 2 aliphatic rings.